The molecule has 7 heteroatoms. The van der Waals surface area contributed by atoms with Crippen LogP contribution >= 0.6 is 11.3 Å². The molecule has 1 unspecified atom stereocenters. The van der Waals surface area contributed by atoms with Gasteiger partial charge >= 0.3 is 0 Å². The van der Waals surface area contributed by atoms with Crippen LogP contribution in [0.25, 0.3) is 0 Å². The van der Waals surface area contributed by atoms with E-state index in [0.29, 0.717) is 19.7 Å². The van der Waals surface area contributed by atoms with Crippen LogP contribution in [0.15, 0.2) is 17.5 Å². The molecule has 1 rings (SSSR count). The van der Waals surface area contributed by atoms with Crippen molar-refractivity contribution in [1.82, 2.24) is 15.5 Å². The SMILES string of the molecule is COCCCNC(=O)CN(C)C(C)C(=O)NCc1cccs1. The van der Waals surface area contributed by atoms with E-state index < -0.39 is 0 Å². The van der Waals surface area contributed by atoms with Crippen LogP contribution in [-0.4, -0.2) is 56.6 Å². The van der Waals surface area contributed by atoms with Crippen LogP contribution in [0.3, 0.4) is 0 Å². The van der Waals surface area contributed by atoms with Gasteiger partial charge in [0.05, 0.1) is 19.1 Å². The highest BCUT2D eigenvalue weighted by Crippen LogP contribution is 2.07. The number of hydrogen-bond acceptors (Lipinski definition) is 5. The Morgan fingerprint density at radius 2 is 2.18 bits per heavy atom. The zero-order valence-electron chi connectivity index (χ0n) is 13.4. The summed E-state index contributed by atoms with van der Waals surface area (Å²) >= 11 is 1.61. The molecule has 2 N–H and O–H groups in total. The van der Waals surface area contributed by atoms with Crippen LogP contribution < -0.4 is 10.6 Å². The van der Waals surface area contributed by atoms with E-state index in [0.717, 1.165) is 11.3 Å². The van der Waals surface area contributed by atoms with Gasteiger partial charge in [0.15, 0.2) is 0 Å². The number of amides is 2. The summed E-state index contributed by atoms with van der Waals surface area (Å²) in [5, 5.41) is 7.66. The minimum atomic E-state index is -0.357. The molecule has 22 heavy (non-hydrogen) atoms. The molecule has 0 bridgehead atoms. The largest absolute Gasteiger partial charge is 0.385 e. The number of carbonyl (C=O) groups is 2. The van der Waals surface area contributed by atoms with Crippen LogP contribution in [0.4, 0.5) is 0 Å². The minimum absolute atomic E-state index is 0.0805. The number of methoxy groups -OCH3 is 1. The lowest BCUT2D eigenvalue weighted by atomic mass is 10.2. The monoisotopic (exact) mass is 327 g/mol. The Hall–Kier alpha value is -1.44. The number of rotatable bonds is 10. The third-order valence-corrected chi connectivity index (χ3v) is 4.17. The number of carbonyl (C=O) groups excluding carboxylic acids is 2. The Labute approximate surface area is 135 Å². The maximum atomic E-state index is 12.1. The second-order valence-electron chi connectivity index (χ2n) is 5.08. The highest BCUT2D eigenvalue weighted by molar-refractivity contribution is 7.09. The summed E-state index contributed by atoms with van der Waals surface area (Å²) in [6.07, 6.45) is 0.781. The van der Waals surface area contributed by atoms with Crippen molar-refractivity contribution in [2.75, 3.05) is 33.9 Å². The molecule has 0 fully saturated rings. The van der Waals surface area contributed by atoms with Crippen molar-refractivity contribution in [2.45, 2.75) is 25.9 Å². The summed E-state index contributed by atoms with van der Waals surface area (Å²) < 4.78 is 4.92. The molecule has 1 aromatic rings. The number of ether oxygens (including phenoxy) is 1. The Kier molecular flexibility index (Phi) is 8.72. The number of hydrogen-bond donors (Lipinski definition) is 2. The number of likely N-dealkylation sites (N-methyl/N-ethyl adjacent to an activating group) is 1. The van der Waals surface area contributed by atoms with Crippen molar-refractivity contribution < 1.29 is 14.3 Å². The fourth-order valence-corrected chi connectivity index (χ4v) is 2.44. The second kappa shape index (κ2) is 10.3. The van der Waals surface area contributed by atoms with Crippen molar-refractivity contribution in [2.24, 2.45) is 0 Å². The number of nitrogens with one attached hydrogen (secondary N) is 2. The average molecular weight is 327 g/mol. The van der Waals surface area contributed by atoms with E-state index in [1.165, 1.54) is 0 Å². The molecular formula is C15H25N3O3S. The predicted molar refractivity (Wildman–Crippen MR) is 87.8 cm³/mol. The van der Waals surface area contributed by atoms with Crippen molar-refractivity contribution in [3.8, 4) is 0 Å². The van der Waals surface area contributed by atoms with Crippen LogP contribution in [0.2, 0.25) is 0 Å². The second-order valence-corrected chi connectivity index (χ2v) is 6.12. The Morgan fingerprint density at radius 1 is 1.41 bits per heavy atom. The first-order valence-electron chi connectivity index (χ1n) is 7.30. The molecule has 0 aliphatic heterocycles. The molecule has 6 nitrogen and oxygen atoms in total. The molecule has 0 saturated heterocycles. The first-order valence-corrected chi connectivity index (χ1v) is 8.18. The fraction of sp³-hybridized carbons (Fsp3) is 0.600. The summed E-state index contributed by atoms with van der Waals surface area (Å²) in [6.45, 7) is 3.72. The number of thiophene rings is 1. The van der Waals surface area contributed by atoms with Gasteiger partial charge in [-0.2, -0.15) is 0 Å². The van der Waals surface area contributed by atoms with Gasteiger partial charge in [-0.3, -0.25) is 14.5 Å². The number of nitrogens with zero attached hydrogens (tertiary/aromatic N) is 1. The highest BCUT2D eigenvalue weighted by atomic mass is 32.1. The minimum Gasteiger partial charge on any atom is -0.385 e. The topological polar surface area (TPSA) is 70.7 Å². The summed E-state index contributed by atoms with van der Waals surface area (Å²) in [4.78, 5) is 26.7. The standard InChI is InChI=1S/C15H25N3O3S/c1-12(15(20)17-10-13-6-4-9-22-13)18(2)11-14(19)16-7-5-8-21-3/h4,6,9,12H,5,7-8,10-11H2,1-3H3,(H,16,19)(H,17,20). The van der Waals surface area contributed by atoms with Gasteiger partial charge in [-0.15, -0.1) is 11.3 Å². The van der Waals surface area contributed by atoms with Gasteiger partial charge in [-0.25, -0.2) is 0 Å². The Morgan fingerprint density at radius 3 is 2.82 bits per heavy atom. The molecule has 0 aliphatic carbocycles. The van der Waals surface area contributed by atoms with Gasteiger partial charge < -0.3 is 15.4 Å². The van der Waals surface area contributed by atoms with E-state index in [2.05, 4.69) is 10.6 Å². The van der Waals surface area contributed by atoms with Gasteiger partial charge in [-0.1, -0.05) is 6.07 Å². The van der Waals surface area contributed by atoms with E-state index >= 15 is 0 Å². The van der Waals surface area contributed by atoms with Gasteiger partial charge in [0.2, 0.25) is 11.8 Å². The zero-order valence-corrected chi connectivity index (χ0v) is 14.2. The summed E-state index contributed by atoms with van der Waals surface area (Å²) in [6, 6.07) is 3.58. The molecule has 0 radical (unpaired) electrons. The van der Waals surface area contributed by atoms with E-state index in [1.807, 2.05) is 17.5 Å². The molecule has 2 amide bonds. The van der Waals surface area contributed by atoms with Crippen molar-refractivity contribution in [3.63, 3.8) is 0 Å². The van der Waals surface area contributed by atoms with Crippen molar-refractivity contribution >= 4 is 23.2 Å². The normalized spacial score (nSPS) is 12.2. The van der Waals surface area contributed by atoms with Gasteiger partial charge in [0.25, 0.3) is 0 Å². The van der Waals surface area contributed by atoms with E-state index in [-0.39, 0.29) is 24.4 Å². The first-order chi connectivity index (χ1) is 10.5. The van der Waals surface area contributed by atoms with E-state index in [4.69, 9.17) is 4.74 Å². The molecule has 1 aromatic heterocycles. The molecule has 0 saturated carbocycles. The summed E-state index contributed by atoms with van der Waals surface area (Å²) in [5.74, 6) is -0.167. The van der Waals surface area contributed by atoms with Crippen LogP contribution in [0, 0.1) is 0 Å². The quantitative estimate of drug-likeness (QED) is 0.625. The Balaban J connectivity index is 2.26. The lowest BCUT2D eigenvalue weighted by Gasteiger charge is -2.23. The van der Waals surface area contributed by atoms with Crippen molar-refractivity contribution in [1.29, 1.82) is 0 Å². The van der Waals surface area contributed by atoms with Crippen LogP contribution in [0.1, 0.15) is 18.2 Å². The van der Waals surface area contributed by atoms with Crippen LogP contribution in [0.5, 0.6) is 0 Å². The smallest absolute Gasteiger partial charge is 0.237 e. The fourth-order valence-electron chi connectivity index (χ4n) is 1.80. The predicted octanol–water partition coefficient (Wildman–Crippen LogP) is 0.837. The molecule has 0 aliphatic rings. The van der Waals surface area contributed by atoms with Crippen molar-refractivity contribution in [3.05, 3.63) is 22.4 Å². The van der Waals surface area contributed by atoms with E-state index in [9.17, 15) is 9.59 Å². The first kappa shape index (κ1) is 18.6. The van der Waals surface area contributed by atoms with Gasteiger partial charge in [0, 0.05) is 25.1 Å². The highest BCUT2D eigenvalue weighted by Gasteiger charge is 2.19. The third-order valence-electron chi connectivity index (χ3n) is 3.30. The maximum absolute atomic E-state index is 12.1. The van der Waals surface area contributed by atoms with Gasteiger partial charge in [-0.05, 0) is 31.8 Å². The molecule has 1 heterocycles. The molecule has 1 atom stereocenters. The summed E-state index contributed by atoms with van der Waals surface area (Å²) in [5.41, 5.74) is 0. The van der Waals surface area contributed by atoms with Crippen LogP contribution in [-0.2, 0) is 20.9 Å². The average Bonchev–Trinajstić information content (AvgIpc) is 3.01. The maximum Gasteiger partial charge on any atom is 0.237 e. The molecule has 124 valence electrons. The molecular weight excluding hydrogens is 302 g/mol. The molecule has 0 aromatic carbocycles. The lowest BCUT2D eigenvalue weighted by molar-refractivity contribution is -0.127. The van der Waals surface area contributed by atoms with Gasteiger partial charge in [0.1, 0.15) is 0 Å². The van der Waals surface area contributed by atoms with E-state index in [1.54, 1.807) is 37.3 Å². The lowest BCUT2D eigenvalue weighted by Crippen LogP contribution is -2.46. The molecule has 0 spiro atoms. The Bertz CT molecular complexity index is 451. The zero-order chi connectivity index (χ0) is 16.4. The summed E-state index contributed by atoms with van der Waals surface area (Å²) in [7, 11) is 3.40. The third kappa shape index (κ3) is 7.02.